The van der Waals surface area contributed by atoms with E-state index in [2.05, 4.69) is 9.89 Å². The van der Waals surface area contributed by atoms with Crippen molar-refractivity contribution in [1.29, 1.82) is 0 Å². The van der Waals surface area contributed by atoms with Gasteiger partial charge in [0.05, 0.1) is 12.6 Å². The molecule has 0 spiro atoms. The van der Waals surface area contributed by atoms with Gasteiger partial charge in [0, 0.05) is 24.6 Å². The Kier molecular flexibility index (Phi) is 7.75. The summed E-state index contributed by atoms with van der Waals surface area (Å²) in [6.45, 7) is 4.05. The van der Waals surface area contributed by atoms with Gasteiger partial charge in [-0.25, -0.2) is 0 Å². The Balaban J connectivity index is 0.00000169. The summed E-state index contributed by atoms with van der Waals surface area (Å²) in [5, 5.41) is 9.01. The summed E-state index contributed by atoms with van der Waals surface area (Å²) in [5.41, 5.74) is 5.75. The van der Waals surface area contributed by atoms with Gasteiger partial charge in [0.15, 0.2) is 5.96 Å². The summed E-state index contributed by atoms with van der Waals surface area (Å²) >= 11 is 1.94. The number of hydrogen-bond acceptors (Lipinski definition) is 3. The molecule has 1 rings (SSSR count). The molecule has 1 heterocycles. The average molecular weight is 331 g/mol. The topological polar surface area (TPSA) is 61.9 Å². The number of aliphatic imine (C=N–C) groups is 1. The number of hydrogen-bond donors (Lipinski definition) is 2. The summed E-state index contributed by atoms with van der Waals surface area (Å²) in [6.07, 6.45) is -0.405. The second kappa shape index (κ2) is 7.58. The molecule has 1 fully saturated rings. The molecule has 1 unspecified atom stereocenters. The number of thioether (sulfide) groups is 1. The fourth-order valence-corrected chi connectivity index (χ4v) is 2.02. The standard InChI is InChI=1S/C8H17N3OS.HI/c1-7(12)6-10-8(9)11-2-4-13-5-3-11;/h7,12H,2-6H2,1H3,(H2,9,10);1H. The lowest BCUT2D eigenvalue weighted by molar-refractivity contribution is 0.203. The number of halogens is 1. The number of aliphatic hydroxyl groups excluding tert-OH is 1. The molecule has 0 bridgehead atoms. The van der Waals surface area contributed by atoms with Crippen LogP contribution in [0.5, 0.6) is 0 Å². The van der Waals surface area contributed by atoms with Crippen LogP contribution in [0.1, 0.15) is 6.92 Å². The first-order chi connectivity index (χ1) is 6.20. The second-order valence-electron chi connectivity index (χ2n) is 3.15. The molecular weight excluding hydrogens is 313 g/mol. The minimum absolute atomic E-state index is 0. The van der Waals surface area contributed by atoms with Crippen LogP contribution in [0.3, 0.4) is 0 Å². The first-order valence-corrected chi connectivity index (χ1v) is 5.66. The van der Waals surface area contributed by atoms with E-state index in [1.807, 2.05) is 11.8 Å². The Morgan fingerprint density at radius 3 is 2.64 bits per heavy atom. The zero-order valence-corrected chi connectivity index (χ0v) is 11.5. The number of nitrogens with two attached hydrogens (primary N) is 1. The molecule has 0 radical (unpaired) electrons. The summed E-state index contributed by atoms with van der Waals surface area (Å²) in [7, 11) is 0. The predicted molar refractivity (Wildman–Crippen MR) is 72.5 cm³/mol. The van der Waals surface area contributed by atoms with E-state index in [1.54, 1.807) is 6.92 Å². The predicted octanol–water partition coefficient (Wildman–Crippen LogP) is 0.349. The minimum Gasteiger partial charge on any atom is -0.391 e. The number of aliphatic hydroxyl groups is 1. The number of guanidine groups is 1. The monoisotopic (exact) mass is 331 g/mol. The third-order valence-corrected chi connectivity index (χ3v) is 2.80. The molecule has 0 aromatic heterocycles. The van der Waals surface area contributed by atoms with Crippen molar-refractivity contribution in [2.75, 3.05) is 31.1 Å². The van der Waals surface area contributed by atoms with Gasteiger partial charge in [0.1, 0.15) is 0 Å². The molecule has 4 nitrogen and oxygen atoms in total. The van der Waals surface area contributed by atoms with Crippen molar-refractivity contribution in [3.05, 3.63) is 0 Å². The second-order valence-corrected chi connectivity index (χ2v) is 4.37. The van der Waals surface area contributed by atoms with E-state index in [-0.39, 0.29) is 24.0 Å². The summed E-state index contributed by atoms with van der Waals surface area (Å²) in [4.78, 5) is 6.18. The Hall–Kier alpha value is 0.310. The highest BCUT2D eigenvalue weighted by atomic mass is 127. The zero-order valence-electron chi connectivity index (χ0n) is 8.35. The van der Waals surface area contributed by atoms with Gasteiger partial charge in [0.25, 0.3) is 0 Å². The smallest absolute Gasteiger partial charge is 0.191 e. The maximum absolute atomic E-state index is 9.01. The lowest BCUT2D eigenvalue weighted by Crippen LogP contribution is -2.43. The largest absolute Gasteiger partial charge is 0.391 e. The molecule has 0 aromatic carbocycles. The van der Waals surface area contributed by atoms with Crippen LogP contribution in [0, 0.1) is 0 Å². The van der Waals surface area contributed by atoms with E-state index >= 15 is 0 Å². The Bertz CT molecular complexity index is 183. The molecule has 1 aliphatic rings. The van der Waals surface area contributed by atoms with Gasteiger partial charge in [0.2, 0.25) is 0 Å². The van der Waals surface area contributed by atoms with E-state index < -0.39 is 6.10 Å². The van der Waals surface area contributed by atoms with Gasteiger partial charge in [-0.05, 0) is 6.92 Å². The van der Waals surface area contributed by atoms with Gasteiger partial charge in [-0.1, -0.05) is 0 Å². The normalized spacial score (nSPS) is 20.1. The molecule has 0 amide bonds. The van der Waals surface area contributed by atoms with E-state index in [4.69, 9.17) is 10.8 Å². The highest BCUT2D eigenvalue weighted by molar-refractivity contribution is 14.0. The minimum atomic E-state index is -0.405. The Morgan fingerprint density at radius 1 is 1.57 bits per heavy atom. The molecule has 1 saturated heterocycles. The van der Waals surface area contributed by atoms with Gasteiger partial charge >= 0.3 is 0 Å². The molecule has 0 saturated carbocycles. The number of rotatable bonds is 2. The lowest BCUT2D eigenvalue weighted by atomic mass is 10.4. The van der Waals surface area contributed by atoms with Crippen LogP contribution in [0.4, 0.5) is 0 Å². The summed E-state index contributed by atoms with van der Waals surface area (Å²) in [5.74, 6) is 2.80. The molecule has 1 atom stereocenters. The van der Waals surface area contributed by atoms with Crippen LogP contribution in [0.2, 0.25) is 0 Å². The van der Waals surface area contributed by atoms with Crippen molar-refractivity contribution in [2.24, 2.45) is 10.7 Å². The van der Waals surface area contributed by atoms with Crippen LogP contribution < -0.4 is 5.73 Å². The Labute approximate surface area is 106 Å². The van der Waals surface area contributed by atoms with Crippen LogP contribution in [-0.4, -0.2) is 53.2 Å². The molecule has 84 valence electrons. The van der Waals surface area contributed by atoms with E-state index in [1.165, 1.54) is 0 Å². The first kappa shape index (κ1) is 14.3. The van der Waals surface area contributed by atoms with E-state index in [0.29, 0.717) is 12.5 Å². The highest BCUT2D eigenvalue weighted by Gasteiger charge is 2.11. The van der Waals surface area contributed by atoms with Crippen molar-refractivity contribution in [3.8, 4) is 0 Å². The van der Waals surface area contributed by atoms with Crippen molar-refractivity contribution in [1.82, 2.24) is 4.90 Å². The van der Waals surface area contributed by atoms with Crippen molar-refractivity contribution in [2.45, 2.75) is 13.0 Å². The molecule has 1 aliphatic heterocycles. The summed E-state index contributed by atoms with van der Waals surface area (Å²) < 4.78 is 0. The molecule has 0 aliphatic carbocycles. The maximum Gasteiger partial charge on any atom is 0.191 e. The number of nitrogens with zero attached hydrogens (tertiary/aromatic N) is 2. The molecule has 6 heteroatoms. The fourth-order valence-electron chi connectivity index (χ4n) is 1.12. The SMILES string of the molecule is CC(O)CN=C(N)N1CCSCC1.I. The lowest BCUT2D eigenvalue weighted by Gasteiger charge is -2.27. The zero-order chi connectivity index (χ0) is 9.68. The van der Waals surface area contributed by atoms with E-state index in [9.17, 15) is 0 Å². The Morgan fingerprint density at radius 2 is 2.14 bits per heavy atom. The van der Waals surface area contributed by atoms with Crippen molar-refractivity contribution in [3.63, 3.8) is 0 Å². The first-order valence-electron chi connectivity index (χ1n) is 4.51. The molecule has 14 heavy (non-hydrogen) atoms. The van der Waals surface area contributed by atoms with Crippen LogP contribution in [0.25, 0.3) is 0 Å². The van der Waals surface area contributed by atoms with Gasteiger partial charge in [-0.3, -0.25) is 4.99 Å². The van der Waals surface area contributed by atoms with Crippen LogP contribution in [0.15, 0.2) is 4.99 Å². The fraction of sp³-hybridized carbons (Fsp3) is 0.875. The maximum atomic E-state index is 9.01. The van der Waals surface area contributed by atoms with Crippen LogP contribution >= 0.6 is 35.7 Å². The van der Waals surface area contributed by atoms with Gasteiger partial charge < -0.3 is 15.7 Å². The quantitative estimate of drug-likeness (QED) is 0.435. The highest BCUT2D eigenvalue weighted by Crippen LogP contribution is 2.08. The third-order valence-electron chi connectivity index (χ3n) is 1.85. The molecule has 3 N–H and O–H groups in total. The van der Waals surface area contributed by atoms with Crippen molar-refractivity contribution < 1.29 is 5.11 Å². The van der Waals surface area contributed by atoms with Crippen LogP contribution in [-0.2, 0) is 0 Å². The van der Waals surface area contributed by atoms with Gasteiger partial charge in [-0.15, -0.1) is 24.0 Å². The van der Waals surface area contributed by atoms with Gasteiger partial charge in [-0.2, -0.15) is 11.8 Å². The summed E-state index contributed by atoms with van der Waals surface area (Å²) in [6, 6.07) is 0. The molecule has 0 aromatic rings. The van der Waals surface area contributed by atoms with Crippen molar-refractivity contribution >= 4 is 41.7 Å². The third kappa shape index (κ3) is 5.26. The van der Waals surface area contributed by atoms with E-state index in [0.717, 1.165) is 24.6 Å². The average Bonchev–Trinajstić information content (AvgIpc) is 2.15. The molecular formula is C8H18IN3OS.